The summed E-state index contributed by atoms with van der Waals surface area (Å²) in [5.74, 6) is -0.812. The molecule has 1 aliphatic rings. The van der Waals surface area contributed by atoms with E-state index in [4.69, 9.17) is 11.0 Å². The second-order valence-electron chi connectivity index (χ2n) is 5.73. The van der Waals surface area contributed by atoms with Crippen molar-refractivity contribution in [2.75, 3.05) is 6.54 Å². The molecule has 2 N–H and O–H groups in total. The minimum Gasteiger partial charge on any atom is -0.368 e. The fraction of sp³-hybridized carbons (Fsp3) is 0.294. The zero-order chi connectivity index (χ0) is 17.3. The molecular weight excluding hydrogens is 324 g/mol. The second kappa shape index (κ2) is 6.42. The lowest BCUT2D eigenvalue weighted by Crippen LogP contribution is -2.40. The van der Waals surface area contributed by atoms with Gasteiger partial charge in [0, 0.05) is 6.04 Å². The van der Waals surface area contributed by atoms with Crippen LogP contribution in [0.1, 0.15) is 33.9 Å². The SMILES string of the molecule is Cc1nc(C(=O)N(CC(N)=O)C2CC2)c(-c2cccc(C#N)c2)s1. The Morgan fingerprint density at radius 1 is 1.46 bits per heavy atom. The van der Waals surface area contributed by atoms with E-state index in [1.165, 1.54) is 16.2 Å². The molecule has 6 nitrogen and oxygen atoms in total. The zero-order valence-corrected chi connectivity index (χ0v) is 14.0. The van der Waals surface area contributed by atoms with Crippen LogP contribution in [0.4, 0.5) is 0 Å². The molecule has 1 aliphatic carbocycles. The predicted molar refractivity (Wildman–Crippen MR) is 90.3 cm³/mol. The van der Waals surface area contributed by atoms with Crippen molar-refractivity contribution in [3.05, 3.63) is 40.5 Å². The molecular formula is C17H16N4O2S. The maximum atomic E-state index is 12.9. The number of carbonyl (C=O) groups excluding carboxylic acids is 2. The first-order chi connectivity index (χ1) is 11.5. The average molecular weight is 340 g/mol. The van der Waals surface area contributed by atoms with Gasteiger partial charge >= 0.3 is 0 Å². The predicted octanol–water partition coefficient (Wildman–Crippen LogP) is 2.08. The molecule has 1 fully saturated rings. The summed E-state index contributed by atoms with van der Waals surface area (Å²) in [6.45, 7) is 1.73. The number of thiazole rings is 1. The molecule has 0 unspecified atom stereocenters. The summed E-state index contributed by atoms with van der Waals surface area (Å²) in [6, 6.07) is 9.23. The topological polar surface area (TPSA) is 100 Å². The molecule has 2 aromatic rings. The van der Waals surface area contributed by atoms with Crippen molar-refractivity contribution in [2.24, 2.45) is 5.73 Å². The van der Waals surface area contributed by atoms with Crippen LogP contribution in [0.15, 0.2) is 24.3 Å². The van der Waals surface area contributed by atoms with Crippen LogP contribution in [0.5, 0.6) is 0 Å². The average Bonchev–Trinajstić information content (AvgIpc) is 3.33. The zero-order valence-electron chi connectivity index (χ0n) is 13.2. The third-order valence-corrected chi connectivity index (χ3v) is 4.79. The number of carbonyl (C=O) groups is 2. The number of nitrogens with zero attached hydrogens (tertiary/aromatic N) is 3. The van der Waals surface area contributed by atoms with Crippen molar-refractivity contribution in [1.29, 1.82) is 5.26 Å². The molecule has 0 aliphatic heterocycles. The standard InChI is InChI=1S/C17H16N4O2S/c1-10-20-15(17(23)21(9-14(19)22)13-5-6-13)16(24-10)12-4-2-3-11(7-12)8-18/h2-4,7,13H,5-6,9H2,1H3,(H2,19,22). The van der Waals surface area contributed by atoms with Gasteiger partial charge in [-0.25, -0.2) is 4.98 Å². The second-order valence-corrected chi connectivity index (χ2v) is 6.94. The molecule has 0 bridgehead atoms. The number of hydrogen-bond donors (Lipinski definition) is 1. The molecule has 1 aromatic carbocycles. The largest absolute Gasteiger partial charge is 0.368 e. The molecule has 1 aromatic heterocycles. The molecule has 122 valence electrons. The van der Waals surface area contributed by atoms with E-state index < -0.39 is 5.91 Å². The van der Waals surface area contributed by atoms with Gasteiger partial charge in [0.2, 0.25) is 5.91 Å². The Morgan fingerprint density at radius 2 is 2.21 bits per heavy atom. The molecule has 0 atom stereocenters. The number of amides is 2. The molecule has 0 saturated heterocycles. The first-order valence-electron chi connectivity index (χ1n) is 7.57. The van der Waals surface area contributed by atoms with Gasteiger partial charge in [0.05, 0.1) is 28.1 Å². The monoisotopic (exact) mass is 340 g/mol. The fourth-order valence-corrected chi connectivity index (χ4v) is 3.46. The van der Waals surface area contributed by atoms with Crippen LogP contribution < -0.4 is 5.73 Å². The number of nitrogens with two attached hydrogens (primary N) is 1. The summed E-state index contributed by atoms with van der Waals surface area (Å²) in [5, 5.41) is 9.83. The maximum absolute atomic E-state index is 12.9. The first-order valence-corrected chi connectivity index (χ1v) is 8.38. The highest BCUT2D eigenvalue weighted by Crippen LogP contribution is 2.34. The first kappa shape index (κ1) is 16.1. The van der Waals surface area contributed by atoms with E-state index in [1.54, 1.807) is 18.2 Å². The third-order valence-electron chi connectivity index (χ3n) is 3.77. The Bertz CT molecular complexity index is 849. The van der Waals surface area contributed by atoms with Crippen LogP contribution in [0.2, 0.25) is 0 Å². The molecule has 24 heavy (non-hydrogen) atoms. The van der Waals surface area contributed by atoms with Crippen molar-refractivity contribution in [2.45, 2.75) is 25.8 Å². The van der Waals surface area contributed by atoms with E-state index in [-0.39, 0.29) is 18.5 Å². The van der Waals surface area contributed by atoms with Crippen LogP contribution in [-0.2, 0) is 4.79 Å². The normalized spacial score (nSPS) is 13.3. The van der Waals surface area contributed by atoms with Crippen molar-refractivity contribution < 1.29 is 9.59 Å². The molecule has 7 heteroatoms. The number of benzene rings is 1. The Morgan fingerprint density at radius 3 is 2.83 bits per heavy atom. The fourth-order valence-electron chi connectivity index (χ4n) is 2.55. The van der Waals surface area contributed by atoms with Gasteiger partial charge in [-0.05, 0) is 37.5 Å². The van der Waals surface area contributed by atoms with Gasteiger partial charge < -0.3 is 10.6 Å². The highest BCUT2D eigenvalue weighted by Gasteiger charge is 2.36. The summed E-state index contributed by atoms with van der Waals surface area (Å²) >= 11 is 1.40. The minimum absolute atomic E-state index is 0.0605. The van der Waals surface area contributed by atoms with Crippen LogP contribution in [0.25, 0.3) is 10.4 Å². The summed E-state index contributed by atoms with van der Waals surface area (Å²) in [4.78, 5) is 30.8. The highest BCUT2D eigenvalue weighted by atomic mass is 32.1. The smallest absolute Gasteiger partial charge is 0.274 e. The van der Waals surface area contributed by atoms with Crippen LogP contribution in [-0.4, -0.2) is 34.3 Å². The lowest BCUT2D eigenvalue weighted by atomic mass is 10.1. The van der Waals surface area contributed by atoms with Gasteiger partial charge in [-0.2, -0.15) is 5.26 Å². The molecule has 3 rings (SSSR count). The highest BCUT2D eigenvalue weighted by molar-refractivity contribution is 7.15. The Hall–Kier alpha value is -2.72. The maximum Gasteiger partial charge on any atom is 0.274 e. The van der Waals surface area contributed by atoms with Crippen molar-refractivity contribution in [1.82, 2.24) is 9.88 Å². The van der Waals surface area contributed by atoms with Crippen molar-refractivity contribution in [3.8, 4) is 16.5 Å². The molecule has 0 spiro atoms. The van der Waals surface area contributed by atoms with Gasteiger partial charge in [-0.3, -0.25) is 9.59 Å². The third kappa shape index (κ3) is 3.29. The Kier molecular flexibility index (Phi) is 4.32. The lowest BCUT2D eigenvalue weighted by molar-refractivity contribution is -0.118. The van der Waals surface area contributed by atoms with Crippen molar-refractivity contribution in [3.63, 3.8) is 0 Å². The van der Waals surface area contributed by atoms with E-state index in [2.05, 4.69) is 11.1 Å². The number of primary amides is 1. The number of nitriles is 1. The van der Waals surface area contributed by atoms with E-state index in [9.17, 15) is 9.59 Å². The number of aryl methyl sites for hydroxylation is 1. The lowest BCUT2D eigenvalue weighted by Gasteiger charge is -2.20. The van der Waals surface area contributed by atoms with Gasteiger partial charge in [-0.1, -0.05) is 12.1 Å². The Labute approximate surface area is 143 Å². The van der Waals surface area contributed by atoms with Crippen LogP contribution in [0.3, 0.4) is 0 Å². The number of aromatic nitrogens is 1. The summed E-state index contributed by atoms with van der Waals surface area (Å²) in [6.07, 6.45) is 1.75. The Balaban J connectivity index is 2.00. The molecule has 2 amide bonds. The van der Waals surface area contributed by atoms with Gasteiger partial charge in [0.1, 0.15) is 5.69 Å². The van der Waals surface area contributed by atoms with E-state index in [1.807, 2.05) is 13.0 Å². The van der Waals surface area contributed by atoms with E-state index in [0.29, 0.717) is 16.1 Å². The van der Waals surface area contributed by atoms with Gasteiger partial charge in [0.25, 0.3) is 5.91 Å². The summed E-state index contributed by atoms with van der Waals surface area (Å²) < 4.78 is 0. The number of rotatable bonds is 5. The minimum atomic E-state index is -0.532. The molecule has 1 heterocycles. The molecule has 1 saturated carbocycles. The summed E-state index contributed by atoms with van der Waals surface area (Å²) in [5.41, 5.74) is 6.90. The van der Waals surface area contributed by atoms with Gasteiger partial charge in [-0.15, -0.1) is 11.3 Å². The van der Waals surface area contributed by atoms with E-state index in [0.717, 1.165) is 23.4 Å². The number of hydrogen-bond acceptors (Lipinski definition) is 5. The molecule has 0 radical (unpaired) electrons. The summed E-state index contributed by atoms with van der Waals surface area (Å²) in [7, 11) is 0. The van der Waals surface area contributed by atoms with Crippen LogP contribution >= 0.6 is 11.3 Å². The van der Waals surface area contributed by atoms with Crippen molar-refractivity contribution >= 4 is 23.2 Å². The van der Waals surface area contributed by atoms with E-state index >= 15 is 0 Å². The van der Waals surface area contributed by atoms with Gasteiger partial charge in [0.15, 0.2) is 0 Å². The quantitative estimate of drug-likeness (QED) is 0.900. The van der Waals surface area contributed by atoms with Crippen LogP contribution in [0, 0.1) is 18.3 Å².